The molecule has 0 spiro atoms. The second-order valence-corrected chi connectivity index (χ2v) is 6.69. The lowest BCUT2D eigenvalue weighted by molar-refractivity contribution is -0.125. The Kier molecular flexibility index (Phi) is 8.15. The highest BCUT2D eigenvalue weighted by Crippen LogP contribution is 2.25. The Morgan fingerprint density at radius 1 is 1.30 bits per heavy atom. The zero-order valence-electron chi connectivity index (χ0n) is 15.3. The summed E-state index contributed by atoms with van der Waals surface area (Å²) in [6.07, 6.45) is -3.95. The molecule has 6 nitrogen and oxygen atoms in total. The van der Waals surface area contributed by atoms with Gasteiger partial charge in [-0.3, -0.25) is 0 Å². The summed E-state index contributed by atoms with van der Waals surface area (Å²) in [7, 11) is 1.47. The molecule has 1 saturated heterocycles. The molecule has 0 bridgehead atoms. The third kappa shape index (κ3) is 7.92. The molecule has 1 aliphatic heterocycles. The van der Waals surface area contributed by atoms with Crippen LogP contribution in [-0.2, 0) is 6.54 Å². The molecule has 0 saturated carbocycles. The van der Waals surface area contributed by atoms with Crippen LogP contribution in [0.3, 0.4) is 0 Å². The maximum atomic E-state index is 12.3. The Morgan fingerprint density at radius 3 is 2.63 bits per heavy atom. The fourth-order valence-electron chi connectivity index (χ4n) is 2.94. The summed E-state index contributed by atoms with van der Waals surface area (Å²) in [5, 5.41) is 22.0. The van der Waals surface area contributed by atoms with Crippen molar-refractivity contribution in [1.29, 1.82) is 0 Å². The zero-order chi connectivity index (χ0) is 19.9. The van der Waals surface area contributed by atoms with Gasteiger partial charge in [-0.25, -0.2) is 0 Å². The number of halogens is 3. The smallest absolute Gasteiger partial charge is 0.401 e. The first kappa shape index (κ1) is 21.7. The number of aliphatic hydroxyl groups excluding tert-OH is 2. The number of aliphatic hydroxyl groups is 2. The van der Waals surface area contributed by atoms with Gasteiger partial charge in [0.1, 0.15) is 24.2 Å². The predicted molar refractivity (Wildman–Crippen MR) is 93.9 cm³/mol. The van der Waals surface area contributed by atoms with Gasteiger partial charge in [-0.2, -0.15) is 13.2 Å². The number of benzene rings is 1. The minimum atomic E-state index is -4.29. The summed E-state index contributed by atoms with van der Waals surface area (Å²) in [5.74, 6) is 0.914. The molecule has 1 fully saturated rings. The number of β-amino-alcohol motifs (C(OH)–C–C–N with tert-alkyl or cyclic N) is 1. The minimum Gasteiger partial charge on any atom is -0.497 e. The molecular weight excluding hydrogens is 365 g/mol. The van der Waals surface area contributed by atoms with Gasteiger partial charge in [0.05, 0.1) is 19.8 Å². The highest BCUT2D eigenvalue weighted by Gasteiger charge is 2.26. The molecule has 1 atom stereocenters. The molecule has 0 amide bonds. The monoisotopic (exact) mass is 392 g/mol. The first-order valence-corrected chi connectivity index (χ1v) is 8.92. The number of hydrogen-bond acceptors (Lipinski definition) is 6. The van der Waals surface area contributed by atoms with E-state index < -0.39 is 18.8 Å². The van der Waals surface area contributed by atoms with E-state index in [2.05, 4.69) is 10.2 Å². The van der Waals surface area contributed by atoms with E-state index in [0.29, 0.717) is 49.5 Å². The lowest BCUT2D eigenvalue weighted by Crippen LogP contribution is -2.41. The maximum absolute atomic E-state index is 12.3. The Hall–Kier alpha value is -1.55. The van der Waals surface area contributed by atoms with Crippen molar-refractivity contribution in [3.63, 3.8) is 0 Å². The van der Waals surface area contributed by atoms with Gasteiger partial charge >= 0.3 is 6.18 Å². The molecule has 2 rings (SSSR count). The third-order valence-corrected chi connectivity index (χ3v) is 4.37. The van der Waals surface area contributed by atoms with Crippen LogP contribution >= 0.6 is 0 Å². The van der Waals surface area contributed by atoms with E-state index >= 15 is 0 Å². The van der Waals surface area contributed by atoms with E-state index in [4.69, 9.17) is 9.47 Å². The summed E-state index contributed by atoms with van der Waals surface area (Å²) < 4.78 is 47.8. The van der Waals surface area contributed by atoms with Gasteiger partial charge in [0, 0.05) is 31.7 Å². The lowest BCUT2D eigenvalue weighted by Gasteiger charge is -2.31. The standard InChI is InChI=1S/C18H27F3N2O4/c1-26-16-2-3-17(13(8-16)9-22-12-18(19,20)21)27-11-15(25)10-23-6-4-14(24)5-7-23/h2-3,8,14-15,22,24-25H,4-7,9-12H2,1H3/t15-/m0/s1. The van der Waals surface area contributed by atoms with Gasteiger partial charge in [-0.1, -0.05) is 0 Å². The fourth-order valence-corrected chi connectivity index (χ4v) is 2.94. The number of ether oxygens (including phenoxy) is 2. The topological polar surface area (TPSA) is 74.2 Å². The highest BCUT2D eigenvalue weighted by molar-refractivity contribution is 5.40. The largest absolute Gasteiger partial charge is 0.497 e. The molecule has 27 heavy (non-hydrogen) atoms. The number of nitrogens with zero attached hydrogens (tertiary/aromatic N) is 1. The van der Waals surface area contributed by atoms with Gasteiger partial charge < -0.3 is 29.9 Å². The SMILES string of the molecule is COc1ccc(OC[C@@H](O)CN2CCC(O)CC2)c(CNCC(F)(F)F)c1. The van der Waals surface area contributed by atoms with E-state index in [9.17, 15) is 23.4 Å². The van der Waals surface area contributed by atoms with Crippen LogP contribution in [0.25, 0.3) is 0 Å². The summed E-state index contributed by atoms with van der Waals surface area (Å²) in [5.41, 5.74) is 0.520. The zero-order valence-corrected chi connectivity index (χ0v) is 15.3. The molecule has 1 heterocycles. The molecule has 0 aliphatic carbocycles. The van der Waals surface area contributed by atoms with E-state index in [-0.39, 0.29) is 19.3 Å². The van der Waals surface area contributed by atoms with E-state index in [1.54, 1.807) is 18.2 Å². The van der Waals surface area contributed by atoms with Crippen molar-refractivity contribution in [3.8, 4) is 11.5 Å². The van der Waals surface area contributed by atoms with Crippen molar-refractivity contribution in [1.82, 2.24) is 10.2 Å². The quantitative estimate of drug-likeness (QED) is 0.592. The first-order chi connectivity index (χ1) is 12.8. The number of alkyl halides is 3. The second-order valence-electron chi connectivity index (χ2n) is 6.69. The molecule has 0 aromatic heterocycles. The van der Waals surface area contributed by atoms with Crippen LogP contribution in [0.15, 0.2) is 18.2 Å². The molecule has 1 aromatic carbocycles. The maximum Gasteiger partial charge on any atom is 0.401 e. The van der Waals surface area contributed by atoms with Crippen molar-refractivity contribution in [3.05, 3.63) is 23.8 Å². The van der Waals surface area contributed by atoms with Crippen molar-refractivity contribution in [2.75, 3.05) is 39.9 Å². The summed E-state index contributed by atoms with van der Waals surface area (Å²) in [6, 6.07) is 4.88. The van der Waals surface area contributed by atoms with Crippen molar-refractivity contribution in [2.24, 2.45) is 0 Å². The lowest BCUT2D eigenvalue weighted by atomic mass is 10.1. The molecule has 154 valence electrons. The summed E-state index contributed by atoms with van der Waals surface area (Å²) in [6.45, 7) is 0.738. The van der Waals surface area contributed by atoms with E-state index in [0.717, 1.165) is 0 Å². The Morgan fingerprint density at radius 2 is 2.00 bits per heavy atom. The van der Waals surface area contributed by atoms with E-state index in [1.807, 2.05) is 0 Å². The third-order valence-electron chi connectivity index (χ3n) is 4.37. The first-order valence-electron chi connectivity index (χ1n) is 8.92. The van der Waals surface area contributed by atoms with Crippen LogP contribution in [-0.4, -0.2) is 73.4 Å². The fraction of sp³-hybridized carbons (Fsp3) is 0.667. The molecular formula is C18H27F3N2O4. The van der Waals surface area contributed by atoms with Crippen molar-refractivity contribution >= 4 is 0 Å². The van der Waals surface area contributed by atoms with Crippen LogP contribution in [0.5, 0.6) is 11.5 Å². The summed E-state index contributed by atoms with van der Waals surface area (Å²) >= 11 is 0. The average molecular weight is 392 g/mol. The highest BCUT2D eigenvalue weighted by atomic mass is 19.4. The minimum absolute atomic E-state index is 0.0254. The second kappa shape index (κ2) is 10.1. The van der Waals surface area contributed by atoms with Crippen LogP contribution in [0.2, 0.25) is 0 Å². The molecule has 0 radical (unpaired) electrons. The molecule has 0 unspecified atom stereocenters. The van der Waals surface area contributed by atoms with E-state index in [1.165, 1.54) is 7.11 Å². The molecule has 1 aliphatic rings. The molecule has 3 N–H and O–H groups in total. The normalized spacial score (nSPS) is 17.7. The van der Waals surface area contributed by atoms with Gasteiger partial charge in [-0.05, 0) is 31.0 Å². The summed E-state index contributed by atoms with van der Waals surface area (Å²) in [4.78, 5) is 2.06. The Bertz CT molecular complexity index is 578. The number of rotatable bonds is 9. The van der Waals surface area contributed by atoms with Crippen LogP contribution < -0.4 is 14.8 Å². The van der Waals surface area contributed by atoms with Crippen LogP contribution in [0, 0.1) is 0 Å². The van der Waals surface area contributed by atoms with Gasteiger partial charge in [0.2, 0.25) is 0 Å². The van der Waals surface area contributed by atoms with Crippen molar-refractivity contribution in [2.45, 2.75) is 37.8 Å². The van der Waals surface area contributed by atoms with Crippen molar-refractivity contribution < 1.29 is 32.9 Å². The number of likely N-dealkylation sites (tertiary alicyclic amines) is 1. The molecule has 1 aromatic rings. The average Bonchev–Trinajstić information content (AvgIpc) is 2.61. The molecule has 9 heteroatoms. The van der Waals surface area contributed by atoms with Gasteiger partial charge in [0.15, 0.2) is 0 Å². The Balaban J connectivity index is 1.88. The number of methoxy groups -OCH3 is 1. The predicted octanol–water partition coefficient (Wildman–Crippen LogP) is 1.54. The van der Waals surface area contributed by atoms with Gasteiger partial charge in [0.25, 0.3) is 0 Å². The number of hydrogen-bond donors (Lipinski definition) is 3. The number of nitrogens with one attached hydrogen (secondary N) is 1. The number of piperidine rings is 1. The van der Waals surface area contributed by atoms with Crippen LogP contribution in [0.1, 0.15) is 18.4 Å². The van der Waals surface area contributed by atoms with Gasteiger partial charge in [-0.15, -0.1) is 0 Å². The van der Waals surface area contributed by atoms with Crippen LogP contribution in [0.4, 0.5) is 13.2 Å². The Labute approximate surface area is 156 Å².